The number of nitrogens with zero attached hydrogens (tertiary/aromatic N) is 1. The lowest BCUT2D eigenvalue weighted by molar-refractivity contribution is -0.113. The van der Waals surface area contributed by atoms with Crippen molar-refractivity contribution in [1.82, 2.24) is 4.90 Å². The number of rotatable bonds is 0. The average Bonchev–Trinajstić information content (AvgIpc) is 2.36. The van der Waals surface area contributed by atoms with Crippen LogP contribution in [0.25, 0.3) is 0 Å². The Bertz CT molecular complexity index is 275. The number of ketones is 2. The van der Waals surface area contributed by atoms with E-state index in [1.165, 1.54) is 63.2 Å². The van der Waals surface area contributed by atoms with E-state index in [2.05, 4.69) is 4.90 Å². The first-order valence-corrected chi connectivity index (χ1v) is 5.90. The Hall–Kier alpha value is -1.22. The Labute approximate surface area is 95.8 Å². The third-order valence-electron chi connectivity index (χ3n) is 3.38. The summed E-state index contributed by atoms with van der Waals surface area (Å²) in [6, 6.07) is 0. The molecule has 0 radical (unpaired) electrons. The molecule has 0 aromatic carbocycles. The molecule has 0 aromatic rings. The van der Waals surface area contributed by atoms with Crippen molar-refractivity contribution >= 4 is 11.6 Å². The van der Waals surface area contributed by atoms with Crippen LogP contribution >= 0.6 is 0 Å². The van der Waals surface area contributed by atoms with Crippen LogP contribution in [-0.2, 0) is 9.59 Å². The topological polar surface area (TPSA) is 37.4 Å². The maximum absolute atomic E-state index is 10.3. The SMILES string of the molecule is C1CN2CCC1CC2.O=C1C=CC(=O)C=C1. The van der Waals surface area contributed by atoms with Gasteiger partial charge in [0, 0.05) is 0 Å². The Kier molecular flexibility index (Phi) is 3.67. The predicted molar refractivity (Wildman–Crippen MR) is 62.1 cm³/mol. The fourth-order valence-electron chi connectivity index (χ4n) is 2.30. The molecule has 0 spiro atoms. The van der Waals surface area contributed by atoms with Crippen molar-refractivity contribution < 1.29 is 9.59 Å². The molecule has 1 aliphatic carbocycles. The second-order valence-corrected chi connectivity index (χ2v) is 4.55. The predicted octanol–water partition coefficient (Wildman–Crippen LogP) is 1.35. The summed E-state index contributed by atoms with van der Waals surface area (Å²) in [4.78, 5) is 23.1. The largest absolute Gasteiger partial charge is 0.303 e. The van der Waals surface area contributed by atoms with Crippen molar-refractivity contribution in [2.75, 3.05) is 19.6 Å². The van der Waals surface area contributed by atoms with Crippen LogP contribution in [-0.4, -0.2) is 36.1 Å². The molecule has 0 aromatic heterocycles. The zero-order valence-electron chi connectivity index (χ0n) is 9.39. The first-order chi connectivity index (χ1) is 7.74. The van der Waals surface area contributed by atoms with Crippen molar-refractivity contribution in [2.24, 2.45) is 5.92 Å². The number of hydrogen-bond acceptors (Lipinski definition) is 3. The summed E-state index contributed by atoms with van der Waals surface area (Å²) in [6.45, 7) is 4.18. The van der Waals surface area contributed by atoms with Crippen LogP contribution in [0.2, 0.25) is 0 Å². The highest BCUT2D eigenvalue weighted by molar-refractivity contribution is 6.14. The monoisotopic (exact) mass is 219 g/mol. The van der Waals surface area contributed by atoms with Gasteiger partial charge in [0.25, 0.3) is 0 Å². The van der Waals surface area contributed by atoms with Crippen molar-refractivity contribution in [2.45, 2.75) is 19.3 Å². The van der Waals surface area contributed by atoms with Crippen LogP contribution in [0.3, 0.4) is 0 Å². The number of hydrogen-bond donors (Lipinski definition) is 0. The number of carbonyl (C=O) groups excluding carboxylic acids is 2. The highest BCUT2D eigenvalue weighted by atomic mass is 16.1. The van der Waals surface area contributed by atoms with Gasteiger partial charge in [0.05, 0.1) is 0 Å². The highest BCUT2D eigenvalue weighted by Crippen LogP contribution is 2.26. The third kappa shape index (κ3) is 3.14. The van der Waals surface area contributed by atoms with Gasteiger partial charge in [0.1, 0.15) is 0 Å². The molecule has 4 rings (SSSR count). The maximum Gasteiger partial charge on any atom is 0.178 e. The minimum Gasteiger partial charge on any atom is -0.303 e. The van der Waals surface area contributed by atoms with E-state index in [0.717, 1.165) is 5.92 Å². The molecule has 0 saturated carbocycles. The molecule has 3 heteroatoms. The first kappa shape index (κ1) is 11.3. The smallest absolute Gasteiger partial charge is 0.178 e. The first-order valence-electron chi connectivity index (χ1n) is 5.90. The highest BCUT2D eigenvalue weighted by Gasteiger charge is 2.24. The molecule has 0 unspecified atom stereocenters. The van der Waals surface area contributed by atoms with E-state index >= 15 is 0 Å². The van der Waals surface area contributed by atoms with E-state index in [0.29, 0.717) is 0 Å². The molecular weight excluding hydrogens is 202 g/mol. The van der Waals surface area contributed by atoms with Gasteiger partial charge in [-0.1, -0.05) is 0 Å². The van der Waals surface area contributed by atoms with Crippen LogP contribution in [0.5, 0.6) is 0 Å². The Morgan fingerprint density at radius 3 is 1.38 bits per heavy atom. The van der Waals surface area contributed by atoms with Crippen molar-refractivity contribution in [3.63, 3.8) is 0 Å². The number of allylic oxidation sites excluding steroid dienone is 4. The second kappa shape index (κ2) is 5.21. The summed E-state index contributed by atoms with van der Waals surface area (Å²) >= 11 is 0. The van der Waals surface area contributed by atoms with Crippen molar-refractivity contribution in [3.05, 3.63) is 24.3 Å². The number of fused-ring (bicyclic) bond motifs is 3. The minimum absolute atomic E-state index is 0.121. The summed E-state index contributed by atoms with van der Waals surface area (Å²) < 4.78 is 0. The molecule has 3 fully saturated rings. The summed E-state index contributed by atoms with van der Waals surface area (Å²) in [5.41, 5.74) is 0. The number of piperidine rings is 3. The zero-order valence-corrected chi connectivity index (χ0v) is 9.39. The van der Waals surface area contributed by atoms with Gasteiger partial charge in [0.15, 0.2) is 11.6 Å². The van der Waals surface area contributed by atoms with Gasteiger partial charge in [-0.2, -0.15) is 0 Å². The van der Waals surface area contributed by atoms with E-state index in [1.54, 1.807) is 0 Å². The third-order valence-corrected chi connectivity index (χ3v) is 3.38. The zero-order chi connectivity index (χ0) is 11.4. The molecule has 2 bridgehead atoms. The van der Waals surface area contributed by atoms with Crippen LogP contribution in [0.15, 0.2) is 24.3 Å². The van der Waals surface area contributed by atoms with Crippen LogP contribution in [0.1, 0.15) is 19.3 Å². The van der Waals surface area contributed by atoms with Gasteiger partial charge >= 0.3 is 0 Å². The fraction of sp³-hybridized carbons (Fsp3) is 0.538. The summed E-state index contributed by atoms with van der Waals surface area (Å²) in [5, 5.41) is 0. The van der Waals surface area contributed by atoms with Gasteiger partial charge in [-0.05, 0) is 69.1 Å². The Morgan fingerprint density at radius 1 is 0.812 bits per heavy atom. The van der Waals surface area contributed by atoms with E-state index < -0.39 is 0 Å². The average molecular weight is 219 g/mol. The summed E-state index contributed by atoms with van der Waals surface area (Å²) in [5.74, 6) is 0.870. The Balaban J connectivity index is 0.000000120. The molecule has 0 amide bonds. The maximum atomic E-state index is 10.3. The molecule has 0 atom stereocenters. The molecule has 3 aliphatic heterocycles. The lowest BCUT2D eigenvalue weighted by atomic mass is 9.89. The van der Waals surface area contributed by atoms with Gasteiger partial charge in [0.2, 0.25) is 0 Å². The molecule has 3 saturated heterocycles. The molecule has 3 nitrogen and oxygen atoms in total. The standard InChI is InChI=1S/C7H13N.C6H4O2/c1-4-8-5-2-7(1)3-6-8;7-5-1-2-6(8)4-3-5/h7H,1-6H2;1-4H. The fourth-order valence-corrected chi connectivity index (χ4v) is 2.30. The van der Waals surface area contributed by atoms with Gasteiger partial charge in [-0.25, -0.2) is 0 Å². The molecule has 86 valence electrons. The second-order valence-electron chi connectivity index (χ2n) is 4.55. The van der Waals surface area contributed by atoms with Gasteiger partial charge in [-0.15, -0.1) is 0 Å². The van der Waals surface area contributed by atoms with Crippen LogP contribution in [0.4, 0.5) is 0 Å². The van der Waals surface area contributed by atoms with Gasteiger partial charge < -0.3 is 4.90 Å². The molecular formula is C13H17NO2. The molecule has 16 heavy (non-hydrogen) atoms. The van der Waals surface area contributed by atoms with Gasteiger partial charge in [-0.3, -0.25) is 9.59 Å². The molecule has 0 N–H and O–H groups in total. The van der Waals surface area contributed by atoms with Crippen LogP contribution < -0.4 is 0 Å². The van der Waals surface area contributed by atoms with Crippen molar-refractivity contribution in [1.29, 1.82) is 0 Å². The summed E-state index contributed by atoms with van der Waals surface area (Å²) in [7, 11) is 0. The van der Waals surface area contributed by atoms with Crippen LogP contribution in [0, 0.1) is 5.92 Å². The van der Waals surface area contributed by atoms with E-state index in [1.807, 2.05) is 0 Å². The quantitative estimate of drug-likeness (QED) is 0.577. The normalized spacial score (nSPS) is 31.2. The molecule has 4 aliphatic rings. The van der Waals surface area contributed by atoms with E-state index in [-0.39, 0.29) is 11.6 Å². The molecule has 3 heterocycles. The lowest BCUT2D eigenvalue weighted by Crippen LogP contribution is -2.41. The number of carbonyl (C=O) groups is 2. The van der Waals surface area contributed by atoms with Crippen molar-refractivity contribution in [3.8, 4) is 0 Å². The lowest BCUT2D eigenvalue weighted by Gasteiger charge is -2.38. The minimum atomic E-state index is -0.121. The van der Waals surface area contributed by atoms with E-state index in [9.17, 15) is 9.59 Å². The Morgan fingerprint density at radius 2 is 1.19 bits per heavy atom. The van der Waals surface area contributed by atoms with E-state index in [4.69, 9.17) is 0 Å². The summed E-state index contributed by atoms with van der Waals surface area (Å²) in [6.07, 6.45) is 9.47.